The monoisotopic (exact) mass is 433 g/mol. The van der Waals surface area contributed by atoms with Gasteiger partial charge in [-0.1, -0.05) is 6.07 Å². The van der Waals surface area contributed by atoms with Gasteiger partial charge in [0.2, 0.25) is 10.0 Å². The van der Waals surface area contributed by atoms with Crippen LogP contribution in [0.5, 0.6) is 0 Å². The van der Waals surface area contributed by atoms with E-state index < -0.39 is 14.9 Å². The zero-order valence-electron chi connectivity index (χ0n) is 16.4. The van der Waals surface area contributed by atoms with E-state index in [9.17, 15) is 18.5 Å². The molecule has 2 aliphatic heterocycles. The molecule has 0 atom stereocenters. The van der Waals surface area contributed by atoms with Crippen LogP contribution in [-0.4, -0.2) is 75.1 Å². The van der Waals surface area contributed by atoms with E-state index in [1.54, 1.807) is 12.3 Å². The molecule has 3 heterocycles. The van der Waals surface area contributed by atoms with Gasteiger partial charge in [-0.3, -0.25) is 10.1 Å². The maximum atomic E-state index is 13.3. The third-order valence-electron chi connectivity index (χ3n) is 5.34. The van der Waals surface area contributed by atoms with Gasteiger partial charge >= 0.3 is 0 Å². The molecule has 0 spiro atoms. The molecule has 160 valence electrons. The van der Waals surface area contributed by atoms with Crippen molar-refractivity contribution in [1.82, 2.24) is 9.29 Å². The molecule has 0 bridgehead atoms. The first-order chi connectivity index (χ1) is 14.5. The Labute approximate surface area is 174 Å². The number of benzene rings is 1. The van der Waals surface area contributed by atoms with E-state index >= 15 is 0 Å². The van der Waals surface area contributed by atoms with Crippen LogP contribution in [0.15, 0.2) is 47.5 Å². The molecule has 0 radical (unpaired) electrons. The topological polar surface area (TPSA) is 109 Å². The minimum Gasteiger partial charge on any atom is -0.379 e. The fourth-order valence-electron chi connectivity index (χ4n) is 3.73. The number of aromatic nitrogens is 1. The van der Waals surface area contributed by atoms with Crippen LogP contribution >= 0.6 is 0 Å². The van der Waals surface area contributed by atoms with Crippen molar-refractivity contribution in [2.75, 3.05) is 62.3 Å². The van der Waals surface area contributed by atoms with Gasteiger partial charge in [0.1, 0.15) is 10.7 Å². The van der Waals surface area contributed by atoms with Gasteiger partial charge in [-0.2, -0.15) is 4.31 Å². The van der Waals surface area contributed by atoms with Crippen LogP contribution in [0.4, 0.5) is 17.2 Å². The first-order valence-electron chi connectivity index (χ1n) is 9.74. The van der Waals surface area contributed by atoms with Gasteiger partial charge < -0.3 is 14.5 Å². The molecule has 0 N–H and O–H groups in total. The Morgan fingerprint density at radius 3 is 2.30 bits per heavy atom. The van der Waals surface area contributed by atoms with Crippen LogP contribution in [0, 0.1) is 10.1 Å². The normalized spacial score (nSPS) is 18.4. The molecule has 11 heteroatoms. The SMILES string of the molecule is O=[N+]([O-])c1ccc(N2CCN(c3ccccn3)CC2)c(S(=O)(=O)N2CCOCC2)c1. The van der Waals surface area contributed by atoms with Crippen LogP contribution < -0.4 is 9.80 Å². The Hall–Kier alpha value is -2.76. The van der Waals surface area contributed by atoms with Crippen molar-refractivity contribution in [3.63, 3.8) is 0 Å². The summed E-state index contributed by atoms with van der Waals surface area (Å²) >= 11 is 0. The molecule has 0 saturated carbocycles. The summed E-state index contributed by atoms with van der Waals surface area (Å²) in [6.45, 7) is 3.60. The number of piperazine rings is 1. The lowest BCUT2D eigenvalue weighted by atomic mass is 10.2. The summed E-state index contributed by atoms with van der Waals surface area (Å²) in [6.07, 6.45) is 1.74. The quantitative estimate of drug-likeness (QED) is 0.513. The molecule has 10 nitrogen and oxygen atoms in total. The molecule has 0 aliphatic carbocycles. The molecule has 4 rings (SSSR count). The summed E-state index contributed by atoms with van der Waals surface area (Å²) < 4.78 is 33.2. The number of sulfonamides is 1. The molecular formula is C19H23N5O5S. The van der Waals surface area contributed by atoms with Crippen LogP contribution in [-0.2, 0) is 14.8 Å². The average molecular weight is 433 g/mol. The zero-order chi connectivity index (χ0) is 21.1. The molecule has 2 aliphatic rings. The molecular weight excluding hydrogens is 410 g/mol. The molecule has 2 saturated heterocycles. The van der Waals surface area contributed by atoms with E-state index in [1.807, 2.05) is 23.1 Å². The second kappa shape index (κ2) is 8.54. The standard InChI is InChI=1S/C19H23N5O5S/c25-24(26)16-4-5-17(18(15-16)30(27,28)23-11-13-29-14-12-23)21-7-9-22(10-8-21)19-3-1-2-6-20-19/h1-6,15H,7-14H2. The predicted octanol–water partition coefficient (Wildman–Crippen LogP) is 1.34. The van der Waals surface area contributed by atoms with Crippen LogP contribution in [0.3, 0.4) is 0 Å². The Morgan fingerprint density at radius 1 is 0.967 bits per heavy atom. The first-order valence-corrected chi connectivity index (χ1v) is 11.2. The number of rotatable bonds is 5. The minimum absolute atomic E-state index is 0.0233. The summed E-state index contributed by atoms with van der Waals surface area (Å²) in [4.78, 5) is 19.2. The Bertz CT molecular complexity index is 1000. The summed E-state index contributed by atoms with van der Waals surface area (Å²) in [6, 6.07) is 9.80. The minimum atomic E-state index is -3.88. The van der Waals surface area contributed by atoms with Crippen LogP contribution in [0.1, 0.15) is 0 Å². The second-order valence-electron chi connectivity index (χ2n) is 7.09. The highest BCUT2D eigenvalue weighted by Crippen LogP contribution is 2.33. The third kappa shape index (κ3) is 4.09. The van der Waals surface area contributed by atoms with Crippen LogP contribution in [0.2, 0.25) is 0 Å². The van der Waals surface area contributed by atoms with Gasteiger partial charge in [0, 0.05) is 57.6 Å². The molecule has 2 fully saturated rings. The van der Waals surface area contributed by atoms with Crippen LogP contribution in [0.25, 0.3) is 0 Å². The summed E-state index contributed by atoms with van der Waals surface area (Å²) in [7, 11) is -3.88. The number of anilines is 2. The van der Waals surface area contributed by atoms with Crippen molar-refractivity contribution in [2.24, 2.45) is 0 Å². The molecule has 2 aromatic rings. The number of hydrogen-bond donors (Lipinski definition) is 0. The highest BCUT2D eigenvalue weighted by atomic mass is 32.2. The van der Waals surface area contributed by atoms with Gasteiger partial charge in [0.15, 0.2) is 0 Å². The zero-order valence-corrected chi connectivity index (χ0v) is 17.2. The average Bonchev–Trinajstić information content (AvgIpc) is 2.80. The van der Waals surface area contributed by atoms with Gasteiger partial charge in [-0.05, 0) is 18.2 Å². The summed E-state index contributed by atoms with van der Waals surface area (Å²) in [5, 5.41) is 11.3. The van der Waals surface area contributed by atoms with E-state index in [2.05, 4.69) is 9.88 Å². The number of non-ortho nitro benzene ring substituents is 1. The van der Waals surface area contributed by atoms with E-state index in [0.29, 0.717) is 45.1 Å². The lowest BCUT2D eigenvalue weighted by Gasteiger charge is -2.37. The van der Waals surface area contributed by atoms with Gasteiger partial charge in [-0.15, -0.1) is 0 Å². The van der Waals surface area contributed by atoms with E-state index in [4.69, 9.17) is 4.74 Å². The number of pyridine rings is 1. The number of ether oxygens (including phenoxy) is 1. The smallest absolute Gasteiger partial charge is 0.270 e. The predicted molar refractivity (Wildman–Crippen MR) is 111 cm³/mol. The number of hydrogen-bond acceptors (Lipinski definition) is 8. The number of nitro benzene ring substituents is 1. The lowest BCUT2D eigenvalue weighted by molar-refractivity contribution is -0.385. The summed E-state index contributed by atoms with van der Waals surface area (Å²) in [5.41, 5.74) is 0.255. The maximum absolute atomic E-state index is 13.3. The van der Waals surface area contributed by atoms with Gasteiger partial charge in [0.05, 0.1) is 23.8 Å². The lowest BCUT2D eigenvalue weighted by Crippen LogP contribution is -2.47. The fourth-order valence-corrected chi connectivity index (χ4v) is 5.37. The van der Waals surface area contributed by atoms with Gasteiger partial charge in [-0.25, -0.2) is 13.4 Å². The number of nitro groups is 1. The highest BCUT2D eigenvalue weighted by Gasteiger charge is 2.32. The largest absolute Gasteiger partial charge is 0.379 e. The van der Waals surface area contributed by atoms with Crippen molar-refractivity contribution in [2.45, 2.75) is 4.90 Å². The van der Waals surface area contributed by atoms with Crippen molar-refractivity contribution < 1.29 is 18.1 Å². The number of morpholine rings is 1. The van der Waals surface area contributed by atoms with Crippen molar-refractivity contribution >= 4 is 27.2 Å². The number of nitrogens with zero attached hydrogens (tertiary/aromatic N) is 5. The highest BCUT2D eigenvalue weighted by molar-refractivity contribution is 7.89. The van der Waals surface area contributed by atoms with E-state index in [-0.39, 0.29) is 23.7 Å². The Balaban J connectivity index is 1.62. The maximum Gasteiger partial charge on any atom is 0.270 e. The molecule has 0 amide bonds. The summed E-state index contributed by atoms with van der Waals surface area (Å²) in [5.74, 6) is 0.877. The fraction of sp³-hybridized carbons (Fsp3) is 0.421. The van der Waals surface area contributed by atoms with Crippen molar-refractivity contribution in [1.29, 1.82) is 0 Å². The first kappa shape index (κ1) is 20.5. The molecule has 1 aromatic carbocycles. The van der Waals surface area contributed by atoms with Crippen molar-refractivity contribution in [3.8, 4) is 0 Å². The second-order valence-corrected chi connectivity index (χ2v) is 8.99. The Morgan fingerprint density at radius 2 is 1.67 bits per heavy atom. The molecule has 30 heavy (non-hydrogen) atoms. The Kier molecular flexibility index (Phi) is 5.84. The van der Waals surface area contributed by atoms with Gasteiger partial charge in [0.25, 0.3) is 5.69 Å². The molecule has 0 unspecified atom stereocenters. The van der Waals surface area contributed by atoms with E-state index in [1.165, 1.54) is 16.4 Å². The third-order valence-corrected chi connectivity index (χ3v) is 7.26. The van der Waals surface area contributed by atoms with E-state index in [0.717, 1.165) is 5.82 Å². The molecule has 1 aromatic heterocycles. The van der Waals surface area contributed by atoms with Crippen molar-refractivity contribution in [3.05, 3.63) is 52.7 Å².